The molecule has 0 N–H and O–H groups in total. The normalized spacial score (nSPS) is 1.80. The van der Waals surface area contributed by atoms with Crippen LogP contribution in [0.15, 0.2) is 0 Å². The van der Waals surface area contributed by atoms with E-state index in [1.165, 1.54) is 0 Å². The van der Waals surface area contributed by atoms with Crippen molar-refractivity contribution >= 4 is 32.2 Å². The second-order valence-corrected chi connectivity index (χ2v) is 0. The predicted molar refractivity (Wildman–Crippen MR) is 25.6 cm³/mol. The van der Waals surface area contributed by atoms with Gasteiger partial charge in [0.25, 0.3) is 0 Å². The molecule has 0 aromatic rings. The predicted octanol–water partition coefficient (Wildman–Crippen LogP) is 1.40. The zero-order valence-electron chi connectivity index (χ0n) is 2.30. The molecule has 0 heterocycles. The molecule has 0 radical (unpaired) electrons. The summed E-state index contributed by atoms with van der Waals surface area (Å²) < 4.78 is 0. The minimum absolute atomic E-state index is 0. The summed E-state index contributed by atoms with van der Waals surface area (Å²) in [4.78, 5) is 0. The van der Waals surface area contributed by atoms with Crippen molar-refractivity contribution in [2.45, 2.75) is 0 Å². The maximum Gasteiger partial charge on any atom is 0 e. The van der Waals surface area contributed by atoms with Crippen LogP contribution in [0.2, 0.25) is 0 Å². The zero-order chi connectivity index (χ0) is 4.00. The van der Waals surface area contributed by atoms with Gasteiger partial charge in [0.05, 0.1) is 0 Å². The van der Waals surface area contributed by atoms with Crippen molar-refractivity contribution in [3.63, 3.8) is 0 Å². The molecule has 0 nitrogen and oxygen atoms in total. The molecule has 5 heavy (non-hydrogen) atoms. The molecule has 0 bridgehead atoms. The smallest absolute Gasteiger partial charge is 0 e. The van der Waals surface area contributed by atoms with Gasteiger partial charge in [-0.1, -0.05) is 0 Å². The fourth-order valence-electron chi connectivity index (χ4n) is 0. The first-order chi connectivity index (χ1) is 2.00. The van der Waals surface area contributed by atoms with Crippen molar-refractivity contribution in [3.05, 3.63) is 0 Å². The summed E-state index contributed by atoms with van der Waals surface area (Å²) in [5, 5.41) is 0. The summed E-state index contributed by atoms with van der Waals surface area (Å²) in [6.45, 7) is 0. The monoisotopic (exact) mass is 278 g/mol. The third kappa shape index (κ3) is 20.3. The van der Waals surface area contributed by atoms with Crippen LogP contribution in [0, 0.1) is 0 Å². The van der Waals surface area contributed by atoms with Gasteiger partial charge in [-0.2, -0.15) is 0 Å². The third-order valence-corrected chi connectivity index (χ3v) is 0. The second kappa shape index (κ2) is 30.0. The Bertz CT molecular complexity index is 4.85. The Labute approximate surface area is 79.6 Å². The molecule has 0 atom stereocenters. The molecule has 0 unspecified atom stereocenters. The molecule has 0 aromatic carbocycles. The third-order valence-electron chi connectivity index (χ3n) is 0. The molecule has 28 valence electrons. The van der Waals surface area contributed by atoms with E-state index in [0.717, 1.165) is 22.7 Å². The van der Waals surface area contributed by atoms with Crippen molar-refractivity contribution in [2.24, 2.45) is 0 Å². The first kappa shape index (κ1) is 15.6. The van der Waals surface area contributed by atoms with Gasteiger partial charge in [0.2, 0.25) is 0 Å². The molecule has 0 fully saturated rings. The van der Waals surface area contributed by atoms with Gasteiger partial charge in [-0.3, -0.25) is 0 Å². The molecule has 0 rings (SSSR count). The van der Waals surface area contributed by atoms with Crippen LogP contribution in [0.4, 0.5) is 0 Å². The van der Waals surface area contributed by atoms with Gasteiger partial charge in [-0.15, -0.1) is 23.3 Å². The van der Waals surface area contributed by atoms with Gasteiger partial charge in [-0.05, 0) is 0 Å². The molecular formula is H2S3Zr2. The topological polar surface area (TPSA) is 0 Å². The number of rotatable bonds is 0. The summed E-state index contributed by atoms with van der Waals surface area (Å²) in [6, 6.07) is 0. The van der Waals surface area contributed by atoms with Crippen molar-refractivity contribution < 1.29 is 48.9 Å². The van der Waals surface area contributed by atoms with E-state index in [1.54, 1.807) is 0 Å². The van der Waals surface area contributed by atoms with Crippen molar-refractivity contribution in [1.29, 1.82) is 0 Å². The minimum atomic E-state index is 0. The van der Waals surface area contributed by atoms with Gasteiger partial charge < -0.3 is 0 Å². The van der Waals surface area contributed by atoms with Crippen molar-refractivity contribution in [2.75, 3.05) is 0 Å². The fraction of sp³-hybridized carbons (Fsp3) is 0. The van der Waals surface area contributed by atoms with E-state index in [4.69, 9.17) is 0 Å². The fourth-order valence-corrected chi connectivity index (χ4v) is 0. The van der Waals surface area contributed by atoms with Crippen molar-refractivity contribution in [1.82, 2.24) is 0 Å². The Morgan fingerprint density at radius 1 is 1.20 bits per heavy atom. The van der Waals surface area contributed by atoms with E-state index in [-0.39, 0.29) is 26.2 Å². The van der Waals surface area contributed by atoms with Crippen molar-refractivity contribution in [3.8, 4) is 0 Å². The van der Waals surface area contributed by atoms with Crippen LogP contribution in [0.3, 0.4) is 0 Å². The number of thiol groups is 2. The van der Waals surface area contributed by atoms with E-state index in [0.29, 0.717) is 0 Å². The van der Waals surface area contributed by atoms with Crippen LogP contribution < -0.4 is 0 Å². The molecule has 0 saturated carbocycles. The minimum Gasteiger partial charge on any atom is 0 e. The molecule has 0 aliphatic carbocycles. The Balaban J connectivity index is -0.0000000133. The van der Waals surface area contributed by atoms with Crippen LogP contribution in [-0.4, -0.2) is 0 Å². The summed E-state index contributed by atoms with van der Waals surface area (Å²) in [5.41, 5.74) is 0. The van der Waals surface area contributed by atoms with E-state index in [2.05, 4.69) is 32.2 Å². The summed E-state index contributed by atoms with van der Waals surface area (Å²) in [5.74, 6) is 0. The van der Waals surface area contributed by atoms with E-state index >= 15 is 0 Å². The van der Waals surface area contributed by atoms with Gasteiger partial charge >= 0.3 is 31.5 Å². The SMILES string of the molecule is SS.[S]=[Zr].[Zr]. The summed E-state index contributed by atoms with van der Waals surface area (Å²) in [6.07, 6.45) is 0. The number of hydrogen-bond acceptors (Lipinski definition) is 3. The Hall–Kier alpha value is 2.69. The number of hydrogen-bond donors (Lipinski definition) is 2. The van der Waals surface area contributed by atoms with Crippen LogP contribution in [0.1, 0.15) is 0 Å². The molecule has 0 amide bonds. The molecule has 0 aliphatic heterocycles. The molecule has 0 spiro atoms. The van der Waals surface area contributed by atoms with Gasteiger partial charge in [-0.25, -0.2) is 0 Å². The first-order valence-corrected chi connectivity index (χ1v) is 5.42. The first-order valence-electron chi connectivity index (χ1n) is 0.404. The average Bonchev–Trinajstić information content (AvgIpc) is 1.50. The quantitative estimate of drug-likeness (QED) is 0.500. The van der Waals surface area contributed by atoms with E-state index < -0.39 is 0 Å². The second-order valence-electron chi connectivity index (χ2n) is 0. The van der Waals surface area contributed by atoms with Gasteiger partial charge in [0.15, 0.2) is 0 Å². The standard InChI is InChI=1S/H2S2.S.2Zr/c1-2;;;/h1-2H;;;. The molecule has 0 saturated heterocycles. The molecule has 0 aromatic heterocycles. The van der Waals surface area contributed by atoms with Crippen LogP contribution in [0.5, 0.6) is 0 Å². The van der Waals surface area contributed by atoms with Gasteiger partial charge in [0.1, 0.15) is 0 Å². The largest absolute Gasteiger partial charge is 0 e. The molecule has 0 aliphatic rings. The van der Waals surface area contributed by atoms with Crippen LogP contribution in [0.25, 0.3) is 0 Å². The molecule has 5 heteroatoms. The van der Waals surface area contributed by atoms with Gasteiger partial charge in [0, 0.05) is 26.2 Å². The Morgan fingerprint density at radius 2 is 1.20 bits per heavy atom. The maximum absolute atomic E-state index is 4.17. The van der Waals surface area contributed by atoms with E-state index in [1.807, 2.05) is 0 Å². The Morgan fingerprint density at radius 3 is 1.20 bits per heavy atom. The van der Waals surface area contributed by atoms with Crippen LogP contribution in [-0.2, 0) is 48.9 Å². The zero-order valence-corrected chi connectivity index (χ0v) is 9.82. The molecular weight excluding hydrogens is 279 g/mol. The maximum atomic E-state index is 4.17. The van der Waals surface area contributed by atoms with E-state index in [9.17, 15) is 0 Å². The average molecular weight is 281 g/mol. The van der Waals surface area contributed by atoms with Crippen LogP contribution >= 0.6 is 32.2 Å². The summed E-state index contributed by atoms with van der Waals surface area (Å²) >= 11 is 7.58. The summed E-state index contributed by atoms with van der Waals surface area (Å²) in [7, 11) is 4.17. The Kier molecular flexibility index (Phi) is 93.8.